The van der Waals surface area contributed by atoms with E-state index in [1.54, 1.807) is 0 Å². The molecule has 0 heterocycles. The highest BCUT2D eigenvalue weighted by atomic mass is 16.6. The Kier molecular flexibility index (Phi) is 9.03. The molecule has 0 amide bonds. The molecule has 4 heteroatoms. The second kappa shape index (κ2) is 12.8. The van der Waals surface area contributed by atoms with Gasteiger partial charge in [-0.1, -0.05) is 121 Å². The number of rotatable bonds is 12. The first-order chi connectivity index (χ1) is 17.7. The zero-order valence-corrected chi connectivity index (χ0v) is 20.8. The van der Waals surface area contributed by atoms with Crippen molar-refractivity contribution in [2.45, 2.75) is 32.2 Å². The minimum Gasteiger partial charge on any atom is -0.464 e. The third kappa shape index (κ3) is 6.69. The van der Waals surface area contributed by atoms with Crippen molar-refractivity contribution in [3.05, 3.63) is 144 Å². The van der Waals surface area contributed by atoms with Crippen LogP contribution < -0.4 is 0 Å². The lowest BCUT2D eigenvalue weighted by molar-refractivity contribution is -0.180. The predicted molar refractivity (Wildman–Crippen MR) is 143 cm³/mol. The van der Waals surface area contributed by atoms with Crippen molar-refractivity contribution in [1.29, 1.82) is 0 Å². The van der Waals surface area contributed by atoms with Gasteiger partial charge in [0.05, 0.1) is 13.2 Å². The standard InChI is InChI=1S/C32H33NO3/c1-2-35-31(34)32(30-21-13-6-14-22-30,36-25-29-19-11-5-12-20-29)26-33(23-27-15-7-3-8-16-27)24-28-17-9-4-10-18-28/h3-22H,2,23-26H2,1H3/t32-/m0/s1. The molecule has 0 N–H and O–H groups in total. The van der Waals surface area contributed by atoms with Crippen LogP contribution in [0.2, 0.25) is 0 Å². The largest absolute Gasteiger partial charge is 0.464 e. The fraction of sp³-hybridized carbons (Fsp3) is 0.219. The third-order valence-corrected chi connectivity index (χ3v) is 6.12. The molecule has 0 bridgehead atoms. The van der Waals surface area contributed by atoms with Crippen LogP contribution in [0, 0.1) is 0 Å². The summed E-state index contributed by atoms with van der Waals surface area (Å²) in [6.07, 6.45) is 0. The number of nitrogens with zero attached hydrogens (tertiary/aromatic N) is 1. The first-order valence-electron chi connectivity index (χ1n) is 12.4. The summed E-state index contributed by atoms with van der Waals surface area (Å²) in [6, 6.07) is 40.3. The number of ether oxygens (including phenoxy) is 2. The highest BCUT2D eigenvalue weighted by Crippen LogP contribution is 2.32. The molecule has 0 saturated heterocycles. The molecule has 0 radical (unpaired) electrons. The molecule has 0 aliphatic carbocycles. The quantitative estimate of drug-likeness (QED) is 0.222. The Bertz CT molecular complexity index is 1140. The van der Waals surface area contributed by atoms with Crippen LogP contribution in [-0.4, -0.2) is 24.0 Å². The van der Waals surface area contributed by atoms with Gasteiger partial charge in [-0.25, -0.2) is 4.79 Å². The summed E-state index contributed by atoms with van der Waals surface area (Å²) in [6.45, 7) is 4.07. The first-order valence-corrected chi connectivity index (χ1v) is 12.4. The van der Waals surface area contributed by atoms with Crippen molar-refractivity contribution >= 4 is 5.97 Å². The van der Waals surface area contributed by atoms with E-state index in [0.29, 0.717) is 26.2 Å². The second-order valence-corrected chi connectivity index (χ2v) is 8.80. The summed E-state index contributed by atoms with van der Waals surface area (Å²) in [5.74, 6) is -0.377. The molecule has 0 fully saturated rings. The smallest absolute Gasteiger partial charge is 0.344 e. The zero-order chi connectivity index (χ0) is 25.1. The van der Waals surface area contributed by atoms with Gasteiger partial charge >= 0.3 is 5.97 Å². The lowest BCUT2D eigenvalue weighted by Gasteiger charge is -2.37. The van der Waals surface area contributed by atoms with Crippen molar-refractivity contribution in [3.63, 3.8) is 0 Å². The third-order valence-electron chi connectivity index (χ3n) is 6.12. The fourth-order valence-electron chi connectivity index (χ4n) is 4.36. The minimum absolute atomic E-state index is 0.277. The van der Waals surface area contributed by atoms with Crippen molar-refractivity contribution in [3.8, 4) is 0 Å². The molecule has 1 atom stereocenters. The van der Waals surface area contributed by atoms with E-state index in [9.17, 15) is 4.79 Å². The normalized spacial score (nSPS) is 12.7. The van der Waals surface area contributed by atoms with Gasteiger partial charge in [0, 0.05) is 19.6 Å². The van der Waals surface area contributed by atoms with Gasteiger partial charge in [-0.05, 0) is 29.2 Å². The number of hydrogen-bond donors (Lipinski definition) is 0. The van der Waals surface area contributed by atoms with Crippen LogP contribution in [0.5, 0.6) is 0 Å². The second-order valence-electron chi connectivity index (χ2n) is 8.80. The van der Waals surface area contributed by atoms with Gasteiger partial charge in [-0.15, -0.1) is 0 Å². The van der Waals surface area contributed by atoms with Crippen LogP contribution in [0.1, 0.15) is 29.2 Å². The number of hydrogen-bond acceptors (Lipinski definition) is 4. The van der Waals surface area contributed by atoms with Crippen LogP contribution in [0.3, 0.4) is 0 Å². The summed E-state index contributed by atoms with van der Waals surface area (Å²) in [5.41, 5.74) is 2.83. The molecule has 4 aromatic rings. The maximum absolute atomic E-state index is 13.8. The summed E-state index contributed by atoms with van der Waals surface area (Å²) < 4.78 is 12.3. The molecule has 0 aliphatic heterocycles. The lowest BCUT2D eigenvalue weighted by atomic mass is 9.92. The van der Waals surface area contributed by atoms with Gasteiger partial charge in [0.25, 0.3) is 0 Å². The molecule has 0 spiro atoms. The fourth-order valence-corrected chi connectivity index (χ4v) is 4.36. The molecular weight excluding hydrogens is 446 g/mol. The number of carbonyl (C=O) groups is 1. The average Bonchev–Trinajstić information content (AvgIpc) is 2.93. The Balaban J connectivity index is 1.73. The number of benzene rings is 4. The summed E-state index contributed by atoms with van der Waals surface area (Å²) >= 11 is 0. The molecule has 0 aromatic heterocycles. The van der Waals surface area contributed by atoms with Crippen molar-refractivity contribution in [2.75, 3.05) is 13.2 Å². The maximum Gasteiger partial charge on any atom is 0.344 e. The Hall–Kier alpha value is -3.73. The Morgan fingerprint density at radius 2 is 1.11 bits per heavy atom. The van der Waals surface area contributed by atoms with E-state index in [1.165, 1.54) is 11.1 Å². The van der Waals surface area contributed by atoms with Crippen molar-refractivity contribution in [1.82, 2.24) is 4.90 Å². The van der Waals surface area contributed by atoms with E-state index < -0.39 is 5.60 Å². The maximum atomic E-state index is 13.8. The summed E-state index contributed by atoms with van der Waals surface area (Å²) in [4.78, 5) is 16.0. The molecule has 0 unspecified atom stereocenters. The van der Waals surface area contributed by atoms with Crippen LogP contribution in [0.15, 0.2) is 121 Å². The van der Waals surface area contributed by atoms with Crippen LogP contribution in [0.25, 0.3) is 0 Å². The molecular formula is C32H33NO3. The Labute approximate surface area is 214 Å². The van der Waals surface area contributed by atoms with E-state index in [1.807, 2.05) is 104 Å². The van der Waals surface area contributed by atoms with Crippen molar-refractivity contribution < 1.29 is 14.3 Å². The molecule has 0 saturated carbocycles. The van der Waals surface area contributed by atoms with E-state index in [4.69, 9.17) is 9.47 Å². The molecule has 36 heavy (non-hydrogen) atoms. The van der Waals surface area contributed by atoms with E-state index in [2.05, 4.69) is 29.2 Å². The highest BCUT2D eigenvalue weighted by Gasteiger charge is 2.44. The topological polar surface area (TPSA) is 38.8 Å². The number of carbonyl (C=O) groups excluding carboxylic acids is 1. The SMILES string of the molecule is CCOC(=O)[C@@](CN(Cc1ccccc1)Cc1ccccc1)(OCc1ccccc1)c1ccccc1. The van der Waals surface area contributed by atoms with Gasteiger partial charge < -0.3 is 9.47 Å². The summed E-state index contributed by atoms with van der Waals surface area (Å²) in [7, 11) is 0. The van der Waals surface area contributed by atoms with Gasteiger partial charge in [0.15, 0.2) is 0 Å². The minimum atomic E-state index is -1.29. The molecule has 4 rings (SSSR count). The Morgan fingerprint density at radius 1 is 0.667 bits per heavy atom. The number of esters is 1. The average molecular weight is 480 g/mol. The van der Waals surface area contributed by atoms with Crippen molar-refractivity contribution in [2.24, 2.45) is 0 Å². The summed E-state index contributed by atoms with van der Waals surface area (Å²) in [5, 5.41) is 0. The van der Waals surface area contributed by atoms with Gasteiger partial charge in [-0.3, -0.25) is 4.90 Å². The molecule has 4 aromatic carbocycles. The van der Waals surface area contributed by atoms with Crippen LogP contribution >= 0.6 is 0 Å². The molecule has 4 nitrogen and oxygen atoms in total. The highest BCUT2D eigenvalue weighted by molar-refractivity contribution is 5.82. The van der Waals surface area contributed by atoms with E-state index >= 15 is 0 Å². The monoisotopic (exact) mass is 479 g/mol. The first kappa shape index (κ1) is 25.4. The predicted octanol–water partition coefficient (Wildman–Crippen LogP) is 6.36. The molecule has 0 aliphatic rings. The van der Waals surface area contributed by atoms with Gasteiger partial charge in [-0.2, -0.15) is 0 Å². The Morgan fingerprint density at radius 3 is 1.58 bits per heavy atom. The van der Waals surface area contributed by atoms with Gasteiger partial charge in [0.1, 0.15) is 0 Å². The zero-order valence-electron chi connectivity index (χ0n) is 20.8. The van der Waals surface area contributed by atoms with Gasteiger partial charge in [0.2, 0.25) is 5.60 Å². The van der Waals surface area contributed by atoms with Crippen LogP contribution in [-0.2, 0) is 39.6 Å². The molecule has 184 valence electrons. The van der Waals surface area contributed by atoms with Crippen LogP contribution in [0.4, 0.5) is 0 Å². The van der Waals surface area contributed by atoms with E-state index in [-0.39, 0.29) is 12.6 Å². The lowest BCUT2D eigenvalue weighted by Crippen LogP contribution is -2.49. The van der Waals surface area contributed by atoms with E-state index in [0.717, 1.165) is 11.1 Å².